The summed E-state index contributed by atoms with van der Waals surface area (Å²) in [6.07, 6.45) is 3.37. The minimum atomic E-state index is 0.615. The molecule has 0 saturated heterocycles. The van der Waals surface area contributed by atoms with Crippen molar-refractivity contribution in [3.63, 3.8) is 0 Å². The van der Waals surface area contributed by atoms with Gasteiger partial charge in [-0.2, -0.15) is 0 Å². The highest BCUT2D eigenvalue weighted by Gasteiger charge is 2.22. The van der Waals surface area contributed by atoms with Crippen molar-refractivity contribution in [2.24, 2.45) is 0 Å². The van der Waals surface area contributed by atoms with Crippen LogP contribution >= 0.6 is 23.5 Å². The van der Waals surface area contributed by atoms with Crippen molar-refractivity contribution in [1.29, 1.82) is 0 Å². The van der Waals surface area contributed by atoms with Gasteiger partial charge >= 0.3 is 0 Å². The monoisotopic (exact) mass is 464 g/mol. The fourth-order valence-corrected chi connectivity index (χ4v) is 7.90. The van der Waals surface area contributed by atoms with E-state index in [0.29, 0.717) is 4.58 Å². The number of hydrogen-bond donors (Lipinski definition) is 0. The van der Waals surface area contributed by atoms with E-state index in [1.165, 1.54) is 50.9 Å². The topological polar surface area (TPSA) is 0 Å². The van der Waals surface area contributed by atoms with Gasteiger partial charge in [0.05, 0.1) is 4.58 Å². The van der Waals surface area contributed by atoms with Gasteiger partial charge < -0.3 is 0 Å². The van der Waals surface area contributed by atoms with Crippen LogP contribution in [0.4, 0.5) is 0 Å². The number of hydrogen-bond acceptors (Lipinski definition) is 2. The summed E-state index contributed by atoms with van der Waals surface area (Å²) < 4.78 is 0.615. The molecule has 0 aromatic heterocycles. The molecule has 0 unspecified atom stereocenters. The van der Waals surface area contributed by atoms with Crippen LogP contribution in [0.3, 0.4) is 0 Å². The number of benzene rings is 4. The maximum absolute atomic E-state index is 2.34. The van der Waals surface area contributed by atoms with Gasteiger partial charge in [-0.3, -0.25) is 0 Å². The number of thioether (sulfide) groups is 2. The van der Waals surface area contributed by atoms with Crippen molar-refractivity contribution in [2.75, 3.05) is 0 Å². The summed E-state index contributed by atoms with van der Waals surface area (Å²) in [6.45, 7) is 2.33. The van der Waals surface area contributed by atoms with E-state index >= 15 is 0 Å². The Morgan fingerprint density at radius 2 is 1.03 bits per heavy atom. The fraction of sp³-hybridized carbons (Fsp3) is 0.226. The molecule has 0 radical (unpaired) electrons. The van der Waals surface area contributed by atoms with Crippen LogP contribution in [-0.2, 0) is 24.3 Å². The Labute approximate surface area is 205 Å². The average molecular weight is 465 g/mol. The van der Waals surface area contributed by atoms with Gasteiger partial charge in [-0.05, 0) is 74.9 Å². The van der Waals surface area contributed by atoms with E-state index in [1.807, 2.05) is 0 Å². The average Bonchev–Trinajstić information content (AvgIpc) is 3.43. The lowest BCUT2D eigenvalue weighted by molar-refractivity contribution is 1.05. The van der Waals surface area contributed by atoms with E-state index in [-0.39, 0.29) is 0 Å². The van der Waals surface area contributed by atoms with Crippen LogP contribution in [0.2, 0.25) is 0 Å². The van der Waals surface area contributed by atoms with Gasteiger partial charge in [0, 0.05) is 11.5 Å². The summed E-state index contributed by atoms with van der Waals surface area (Å²) in [5.74, 6) is 2.20. The Morgan fingerprint density at radius 1 is 0.576 bits per heavy atom. The molecule has 33 heavy (non-hydrogen) atoms. The molecular formula is C31H28S2. The maximum Gasteiger partial charge on any atom is 0.0506 e. The molecule has 0 heterocycles. The lowest BCUT2D eigenvalue weighted by Gasteiger charge is -2.17. The molecule has 0 spiro atoms. The highest BCUT2D eigenvalue weighted by atomic mass is 32.2. The minimum absolute atomic E-state index is 0.615. The van der Waals surface area contributed by atoms with Crippen molar-refractivity contribution >= 4 is 23.5 Å². The van der Waals surface area contributed by atoms with Crippen LogP contribution in [-0.4, -0.2) is 4.58 Å². The van der Waals surface area contributed by atoms with E-state index in [4.69, 9.17) is 0 Å². The summed E-state index contributed by atoms with van der Waals surface area (Å²) in [7, 11) is 0. The molecule has 0 aliphatic heterocycles. The molecule has 0 amide bonds. The molecule has 164 valence electrons. The Morgan fingerprint density at radius 3 is 1.52 bits per heavy atom. The van der Waals surface area contributed by atoms with Crippen molar-refractivity contribution in [3.8, 4) is 22.3 Å². The molecule has 2 heteroatoms. The predicted octanol–water partition coefficient (Wildman–Crippen LogP) is 8.73. The van der Waals surface area contributed by atoms with Gasteiger partial charge in [0.15, 0.2) is 0 Å². The first kappa shape index (κ1) is 21.1. The van der Waals surface area contributed by atoms with E-state index in [0.717, 1.165) is 24.3 Å². The smallest absolute Gasteiger partial charge is 0.0506 e. The SMILES string of the molecule is CCC(SCc1cccc2c1Cc1ccccc1-2)SCc1cccc2c1Cc1ccccc1-2. The second kappa shape index (κ2) is 9.08. The van der Waals surface area contributed by atoms with Gasteiger partial charge in [-0.1, -0.05) is 91.9 Å². The van der Waals surface area contributed by atoms with Gasteiger partial charge in [0.2, 0.25) is 0 Å². The van der Waals surface area contributed by atoms with Crippen molar-refractivity contribution in [1.82, 2.24) is 0 Å². The number of rotatable bonds is 7. The molecule has 2 aliphatic carbocycles. The van der Waals surface area contributed by atoms with Crippen LogP contribution in [0.15, 0.2) is 84.9 Å². The van der Waals surface area contributed by atoms with Crippen molar-refractivity contribution in [3.05, 3.63) is 118 Å². The van der Waals surface area contributed by atoms with Crippen LogP contribution in [0.1, 0.15) is 46.7 Å². The van der Waals surface area contributed by atoms with E-state index in [9.17, 15) is 0 Å². The predicted molar refractivity (Wildman–Crippen MR) is 146 cm³/mol. The highest BCUT2D eigenvalue weighted by molar-refractivity contribution is 8.16. The molecule has 4 aromatic carbocycles. The summed E-state index contributed by atoms with van der Waals surface area (Å²) in [4.78, 5) is 0. The Balaban J connectivity index is 1.14. The first-order valence-corrected chi connectivity index (χ1v) is 14.0. The summed E-state index contributed by atoms with van der Waals surface area (Å²) in [5, 5.41) is 0. The highest BCUT2D eigenvalue weighted by Crippen LogP contribution is 2.42. The third kappa shape index (κ3) is 3.94. The standard InChI is InChI=1S/C31H28S2/c1-2-31(32-19-23-11-7-15-27-25-13-5-3-9-21(25)17-29(23)27)33-20-24-12-8-16-28-26-14-6-4-10-22(26)18-30(24)28/h3-16,31H,2,17-20H2,1H3. The Hall–Kier alpha value is -2.42. The molecule has 0 nitrogen and oxygen atoms in total. The van der Waals surface area contributed by atoms with Crippen molar-refractivity contribution < 1.29 is 0 Å². The van der Waals surface area contributed by atoms with Gasteiger partial charge in [-0.25, -0.2) is 0 Å². The van der Waals surface area contributed by atoms with Gasteiger partial charge in [-0.15, -0.1) is 23.5 Å². The molecular weight excluding hydrogens is 436 g/mol. The second-order valence-electron chi connectivity index (χ2n) is 9.01. The zero-order chi connectivity index (χ0) is 22.2. The molecule has 0 N–H and O–H groups in total. The lowest BCUT2D eigenvalue weighted by atomic mass is 10.0. The summed E-state index contributed by atoms with van der Waals surface area (Å²) in [5.41, 5.74) is 14.8. The molecule has 0 bridgehead atoms. The Kier molecular flexibility index (Phi) is 5.82. The van der Waals surface area contributed by atoms with Crippen molar-refractivity contribution in [2.45, 2.75) is 42.3 Å². The fourth-order valence-electron chi connectivity index (χ4n) is 5.37. The maximum atomic E-state index is 2.34. The minimum Gasteiger partial charge on any atom is -0.143 e. The largest absolute Gasteiger partial charge is 0.143 e. The van der Waals surface area contributed by atoms with E-state index < -0.39 is 0 Å². The Bertz CT molecular complexity index is 1220. The third-order valence-electron chi connectivity index (χ3n) is 7.08. The quantitative estimate of drug-likeness (QED) is 0.217. The van der Waals surface area contributed by atoms with Gasteiger partial charge in [0.25, 0.3) is 0 Å². The van der Waals surface area contributed by atoms with E-state index in [1.54, 1.807) is 11.1 Å². The molecule has 0 atom stereocenters. The summed E-state index contributed by atoms with van der Waals surface area (Å²) in [6, 6.07) is 31.6. The number of fused-ring (bicyclic) bond motifs is 6. The molecule has 0 saturated carbocycles. The second-order valence-corrected chi connectivity index (χ2v) is 11.7. The van der Waals surface area contributed by atoms with E-state index in [2.05, 4.69) is 115 Å². The van der Waals surface area contributed by atoms with Crippen LogP contribution in [0.5, 0.6) is 0 Å². The van der Waals surface area contributed by atoms with Gasteiger partial charge in [0.1, 0.15) is 0 Å². The normalized spacial score (nSPS) is 13.0. The lowest BCUT2D eigenvalue weighted by Crippen LogP contribution is -2.00. The summed E-state index contributed by atoms with van der Waals surface area (Å²) >= 11 is 4.24. The third-order valence-corrected chi connectivity index (χ3v) is 10.3. The van der Waals surface area contributed by atoms with Crippen LogP contribution in [0, 0.1) is 0 Å². The molecule has 6 rings (SSSR count). The zero-order valence-electron chi connectivity index (χ0n) is 19.0. The zero-order valence-corrected chi connectivity index (χ0v) is 20.6. The molecule has 2 aliphatic rings. The van der Waals surface area contributed by atoms with Crippen LogP contribution in [0.25, 0.3) is 22.3 Å². The first-order valence-electron chi connectivity index (χ1n) is 11.9. The molecule has 4 aromatic rings. The first-order chi connectivity index (χ1) is 16.3. The van der Waals surface area contributed by atoms with Crippen LogP contribution < -0.4 is 0 Å². The molecule has 0 fully saturated rings.